The van der Waals surface area contributed by atoms with Gasteiger partial charge in [-0.15, -0.1) is 0 Å². The van der Waals surface area contributed by atoms with E-state index in [2.05, 4.69) is 0 Å². The number of unbranched alkanes of at least 4 members (excludes halogenated alkanes) is 4. The molecule has 0 aliphatic heterocycles. The number of aliphatic hydroxyl groups excluding tert-OH is 1. The van der Waals surface area contributed by atoms with Gasteiger partial charge < -0.3 is 24.1 Å². The fourth-order valence-electron chi connectivity index (χ4n) is 8.85. The van der Waals surface area contributed by atoms with Crippen molar-refractivity contribution in [2.75, 3.05) is 19.8 Å². The lowest BCUT2D eigenvalue weighted by atomic mass is 9.44. The van der Waals surface area contributed by atoms with E-state index in [1.54, 1.807) is 26.8 Å². The third-order valence-electron chi connectivity index (χ3n) is 11.1. The minimum Gasteiger partial charge on any atom is -0.434 e. The van der Waals surface area contributed by atoms with Gasteiger partial charge in [0.15, 0.2) is 23.7 Å². The second-order valence-corrected chi connectivity index (χ2v) is 13.6. The second kappa shape index (κ2) is 13.3. The molecular formula is C34H49FO9. The summed E-state index contributed by atoms with van der Waals surface area (Å²) >= 11 is 0. The van der Waals surface area contributed by atoms with Crippen molar-refractivity contribution >= 4 is 23.9 Å². The summed E-state index contributed by atoms with van der Waals surface area (Å²) in [5.74, 6) is -2.62. The minimum absolute atomic E-state index is 0.114. The highest BCUT2D eigenvalue weighted by molar-refractivity contribution is 6.01. The van der Waals surface area contributed by atoms with E-state index in [4.69, 9.17) is 18.9 Å². The van der Waals surface area contributed by atoms with Crippen LogP contribution in [0.1, 0.15) is 98.8 Å². The van der Waals surface area contributed by atoms with Gasteiger partial charge in [0, 0.05) is 22.7 Å². The number of carbonyl (C=O) groups excluding carboxylic acids is 4. The average Bonchev–Trinajstić information content (AvgIpc) is 3.19. The lowest BCUT2D eigenvalue weighted by Gasteiger charge is -2.62. The number of halogens is 1. The van der Waals surface area contributed by atoms with Gasteiger partial charge in [0.05, 0.1) is 19.3 Å². The van der Waals surface area contributed by atoms with Crippen LogP contribution in [0.25, 0.3) is 0 Å². The first-order valence-electron chi connectivity index (χ1n) is 16.3. The van der Waals surface area contributed by atoms with Gasteiger partial charge in [0.2, 0.25) is 5.78 Å². The van der Waals surface area contributed by atoms with Crippen LogP contribution in [-0.2, 0) is 28.5 Å². The normalized spacial score (nSPS) is 37.2. The minimum atomic E-state index is -2.11. The van der Waals surface area contributed by atoms with E-state index in [9.17, 15) is 24.3 Å². The Morgan fingerprint density at radius 1 is 0.977 bits per heavy atom. The quantitative estimate of drug-likeness (QED) is 0.190. The van der Waals surface area contributed by atoms with Gasteiger partial charge in [0.1, 0.15) is 0 Å². The number of aliphatic hydroxyl groups is 1. The van der Waals surface area contributed by atoms with Crippen LogP contribution in [0.5, 0.6) is 0 Å². The summed E-state index contributed by atoms with van der Waals surface area (Å²) in [6.07, 6.45) is 6.71. The number of Topliss-reactive ketones (excluding diaryl/α,β-unsaturated/α-hetero) is 1. The molecule has 9 nitrogen and oxygen atoms in total. The molecule has 246 valence electrons. The molecule has 0 spiro atoms. The molecule has 8 atom stereocenters. The van der Waals surface area contributed by atoms with Gasteiger partial charge in [-0.3, -0.25) is 9.59 Å². The van der Waals surface area contributed by atoms with Crippen molar-refractivity contribution in [1.29, 1.82) is 0 Å². The zero-order valence-electron chi connectivity index (χ0n) is 26.8. The van der Waals surface area contributed by atoms with Crippen LogP contribution in [-0.4, -0.2) is 66.2 Å². The topological polar surface area (TPSA) is 125 Å². The van der Waals surface area contributed by atoms with Gasteiger partial charge in [0.25, 0.3) is 0 Å². The number of hydrogen-bond donors (Lipinski definition) is 1. The first-order valence-corrected chi connectivity index (χ1v) is 16.3. The van der Waals surface area contributed by atoms with E-state index in [0.29, 0.717) is 37.7 Å². The van der Waals surface area contributed by atoms with Crippen molar-refractivity contribution in [2.45, 2.75) is 116 Å². The van der Waals surface area contributed by atoms with E-state index >= 15 is 4.39 Å². The lowest BCUT2D eigenvalue weighted by Crippen LogP contribution is -2.70. The third kappa shape index (κ3) is 5.60. The Hall–Kier alpha value is -2.75. The van der Waals surface area contributed by atoms with Gasteiger partial charge >= 0.3 is 12.3 Å². The molecule has 1 N–H and O–H groups in total. The third-order valence-corrected chi connectivity index (χ3v) is 11.1. The van der Waals surface area contributed by atoms with Gasteiger partial charge in [-0.05, 0) is 63.5 Å². The number of hydrogen-bond acceptors (Lipinski definition) is 9. The number of alkyl halides is 1. The Bertz CT molecular complexity index is 1180. The first-order chi connectivity index (χ1) is 20.8. The van der Waals surface area contributed by atoms with Crippen LogP contribution in [0.15, 0.2) is 23.8 Å². The smallest absolute Gasteiger partial charge is 0.434 e. The fraction of sp³-hybridized carbons (Fsp3) is 0.765. The molecule has 4 rings (SSSR count). The molecule has 0 amide bonds. The van der Waals surface area contributed by atoms with Crippen molar-refractivity contribution in [2.24, 2.45) is 28.6 Å². The lowest BCUT2D eigenvalue weighted by molar-refractivity contribution is -0.222. The Labute approximate surface area is 259 Å². The van der Waals surface area contributed by atoms with Gasteiger partial charge in [-0.2, -0.15) is 0 Å². The number of ketones is 2. The van der Waals surface area contributed by atoms with Crippen molar-refractivity contribution in [3.63, 3.8) is 0 Å². The summed E-state index contributed by atoms with van der Waals surface area (Å²) in [5, 5.41) is 11.7. The Morgan fingerprint density at radius 3 is 2.25 bits per heavy atom. The summed E-state index contributed by atoms with van der Waals surface area (Å²) in [6, 6.07) is 0. The number of allylic oxidation sites excluding steroid dienone is 4. The highest BCUT2D eigenvalue weighted by Gasteiger charge is 2.77. The van der Waals surface area contributed by atoms with Crippen LogP contribution in [0.3, 0.4) is 0 Å². The van der Waals surface area contributed by atoms with Gasteiger partial charge in [-0.1, -0.05) is 65.0 Å². The van der Waals surface area contributed by atoms with Crippen LogP contribution < -0.4 is 0 Å². The molecule has 4 aliphatic rings. The summed E-state index contributed by atoms with van der Waals surface area (Å²) in [5.41, 5.74) is -5.72. The molecule has 0 bridgehead atoms. The molecule has 0 radical (unpaired) electrons. The zero-order valence-corrected chi connectivity index (χ0v) is 26.8. The molecule has 0 saturated heterocycles. The average molecular weight is 621 g/mol. The molecule has 0 aromatic carbocycles. The summed E-state index contributed by atoms with van der Waals surface area (Å²) in [7, 11) is 0. The van der Waals surface area contributed by atoms with E-state index in [1.165, 1.54) is 12.2 Å². The van der Waals surface area contributed by atoms with Gasteiger partial charge in [-0.25, -0.2) is 14.0 Å². The van der Waals surface area contributed by atoms with Crippen LogP contribution in [0.4, 0.5) is 14.0 Å². The standard InChI is InChI=1S/C34H49FO9/c1-6-8-10-16-41-29(39)43-21-28(38)34(44-30(40)42-17-11-9-7-2)22(3)18-26-25-13-12-23-19-24(36)14-15-31(23,4)33(25,35)27(37)20-32(26,34)5/h14-15,19,22,25-27,37H,6-13,16-18,20-21H2,1-5H3/t22-,25+,26+,27+,31+,32+,33+,34+/m1/s1. The summed E-state index contributed by atoms with van der Waals surface area (Å²) in [6.45, 7) is 8.87. The highest BCUT2D eigenvalue weighted by atomic mass is 19.1. The molecule has 10 heteroatoms. The van der Waals surface area contributed by atoms with Crippen LogP contribution in [0.2, 0.25) is 0 Å². The SMILES string of the molecule is CCCCCOC(=O)OCC(=O)[C@@]1(OC(=O)OCCCCC)[C@H](C)C[C@H]2[C@@H]3CCC4=CC(=O)C=C[C@]4(C)[C@@]3(F)[C@@H](O)C[C@@]21C. The molecule has 44 heavy (non-hydrogen) atoms. The van der Waals surface area contributed by atoms with E-state index in [0.717, 1.165) is 25.7 Å². The fourth-order valence-corrected chi connectivity index (χ4v) is 8.85. The first kappa shape index (κ1) is 34.1. The second-order valence-electron chi connectivity index (χ2n) is 13.6. The Morgan fingerprint density at radius 2 is 1.61 bits per heavy atom. The predicted molar refractivity (Wildman–Crippen MR) is 159 cm³/mol. The monoisotopic (exact) mass is 620 g/mol. The van der Waals surface area contributed by atoms with E-state index in [-0.39, 0.29) is 25.4 Å². The molecule has 3 saturated carbocycles. The maximum atomic E-state index is 17.6. The molecule has 0 aromatic heterocycles. The van der Waals surface area contributed by atoms with Crippen LogP contribution >= 0.6 is 0 Å². The molecule has 4 aliphatic carbocycles. The predicted octanol–water partition coefficient (Wildman–Crippen LogP) is 6.60. The van der Waals surface area contributed by atoms with Crippen LogP contribution in [0, 0.1) is 28.6 Å². The molecule has 0 aromatic rings. The maximum absolute atomic E-state index is 17.6. The molecule has 3 fully saturated rings. The number of carbonyl (C=O) groups is 4. The highest BCUT2D eigenvalue weighted by Crippen LogP contribution is 2.71. The largest absolute Gasteiger partial charge is 0.509 e. The number of fused-ring (bicyclic) bond motifs is 5. The molecule has 0 unspecified atom stereocenters. The van der Waals surface area contributed by atoms with Crippen molar-refractivity contribution in [3.05, 3.63) is 23.8 Å². The number of ether oxygens (including phenoxy) is 4. The van der Waals surface area contributed by atoms with Crippen molar-refractivity contribution in [3.8, 4) is 0 Å². The number of rotatable bonds is 12. The molecular weight excluding hydrogens is 571 g/mol. The Balaban J connectivity index is 1.66. The summed E-state index contributed by atoms with van der Waals surface area (Å²) in [4.78, 5) is 51.8. The zero-order chi connectivity index (χ0) is 32.3. The van der Waals surface area contributed by atoms with E-state index in [1.807, 2.05) is 13.8 Å². The summed E-state index contributed by atoms with van der Waals surface area (Å²) < 4.78 is 39.3. The molecule has 0 heterocycles. The maximum Gasteiger partial charge on any atom is 0.509 e. The Kier molecular flexibility index (Phi) is 10.3. The van der Waals surface area contributed by atoms with Crippen molar-refractivity contribution in [1.82, 2.24) is 0 Å². The van der Waals surface area contributed by atoms with Crippen molar-refractivity contribution < 1.29 is 47.6 Å². The van der Waals surface area contributed by atoms with E-state index < -0.39 is 70.7 Å².